The van der Waals surface area contributed by atoms with Crippen LogP contribution in [0.15, 0.2) is 42.5 Å². The van der Waals surface area contributed by atoms with Crippen molar-refractivity contribution < 1.29 is 4.79 Å². The highest BCUT2D eigenvalue weighted by molar-refractivity contribution is 5.76. The van der Waals surface area contributed by atoms with Gasteiger partial charge in [-0.2, -0.15) is 0 Å². The summed E-state index contributed by atoms with van der Waals surface area (Å²) >= 11 is 0. The number of nitrogens with zero attached hydrogens (tertiary/aromatic N) is 2. The van der Waals surface area contributed by atoms with E-state index < -0.39 is 0 Å². The van der Waals surface area contributed by atoms with Crippen molar-refractivity contribution in [2.45, 2.75) is 39.2 Å². The number of rotatable bonds is 7. The maximum Gasteiger partial charge on any atom is 0.220 e. The van der Waals surface area contributed by atoms with Crippen molar-refractivity contribution in [3.05, 3.63) is 59.4 Å². The number of carbonyl (C=O) groups is 1. The molecular weight excluding hydrogens is 298 g/mol. The van der Waals surface area contributed by atoms with Crippen molar-refractivity contribution in [1.29, 1.82) is 0 Å². The highest BCUT2D eigenvalue weighted by Crippen LogP contribution is 2.16. The third-order valence-corrected chi connectivity index (χ3v) is 4.10. The highest BCUT2D eigenvalue weighted by Gasteiger charge is 2.14. The highest BCUT2D eigenvalue weighted by atomic mass is 16.1. The van der Waals surface area contributed by atoms with Gasteiger partial charge >= 0.3 is 0 Å². The normalized spacial score (nSPS) is 11.8. The monoisotopic (exact) mass is 325 g/mol. The van der Waals surface area contributed by atoms with Crippen LogP contribution in [0.1, 0.15) is 42.8 Å². The van der Waals surface area contributed by atoms with Gasteiger partial charge in [-0.25, -0.2) is 0 Å². The molecule has 1 aromatic carbocycles. The molecule has 0 fully saturated rings. The second-order valence-corrected chi connectivity index (χ2v) is 6.29. The number of benzene rings is 1. The number of aryl methyl sites for hydroxylation is 2. The van der Waals surface area contributed by atoms with Gasteiger partial charge in [0.2, 0.25) is 5.91 Å². The molecule has 1 amide bonds. The van der Waals surface area contributed by atoms with Gasteiger partial charge in [-0.15, -0.1) is 0 Å². The Morgan fingerprint density at radius 1 is 1.17 bits per heavy atom. The summed E-state index contributed by atoms with van der Waals surface area (Å²) in [4.78, 5) is 18.9. The number of nitrogens with one attached hydrogen (secondary N) is 1. The van der Waals surface area contributed by atoms with Gasteiger partial charge in [-0.3, -0.25) is 9.78 Å². The summed E-state index contributed by atoms with van der Waals surface area (Å²) in [6.45, 7) is 4.03. The van der Waals surface area contributed by atoms with Crippen LogP contribution in [0.3, 0.4) is 0 Å². The number of carbonyl (C=O) groups excluding carboxylic acids is 1. The molecule has 0 saturated heterocycles. The van der Waals surface area contributed by atoms with Crippen molar-refractivity contribution in [3.8, 4) is 0 Å². The molecule has 0 aliphatic rings. The van der Waals surface area contributed by atoms with Gasteiger partial charge in [0, 0.05) is 31.9 Å². The topological polar surface area (TPSA) is 45.2 Å². The molecule has 1 heterocycles. The lowest BCUT2D eigenvalue weighted by atomic mass is 10.1. The maximum absolute atomic E-state index is 12.3. The number of hydrogen-bond acceptors (Lipinski definition) is 3. The summed E-state index contributed by atoms with van der Waals surface area (Å²) in [7, 11) is 4.04. The van der Waals surface area contributed by atoms with E-state index >= 15 is 0 Å². The Morgan fingerprint density at radius 2 is 1.88 bits per heavy atom. The average Bonchev–Trinajstić information content (AvgIpc) is 2.58. The number of pyridine rings is 1. The molecule has 0 spiro atoms. The third-order valence-electron chi connectivity index (χ3n) is 4.10. The Morgan fingerprint density at radius 3 is 2.46 bits per heavy atom. The van der Waals surface area contributed by atoms with Crippen molar-refractivity contribution in [3.63, 3.8) is 0 Å². The molecule has 2 rings (SSSR count). The predicted molar refractivity (Wildman–Crippen MR) is 99.2 cm³/mol. The Balaban J connectivity index is 1.89. The van der Waals surface area contributed by atoms with Gasteiger partial charge in [0.25, 0.3) is 0 Å². The van der Waals surface area contributed by atoms with Crippen LogP contribution in [0, 0.1) is 6.92 Å². The van der Waals surface area contributed by atoms with Crippen LogP contribution < -0.4 is 10.2 Å². The second-order valence-electron chi connectivity index (χ2n) is 6.29. The lowest BCUT2D eigenvalue weighted by molar-refractivity contribution is -0.121. The molecule has 1 aromatic heterocycles. The van der Waals surface area contributed by atoms with Crippen LogP contribution in [0.4, 0.5) is 5.69 Å². The third kappa shape index (κ3) is 5.08. The largest absolute Gasteiger partial charge is 0.378 e. The van der Waals surface area contributed by atoms with Gasteiger partial charge in [-0.05, 0) is 49.6 Å². The number of anilines is 1. The van der Waals surface area contributed by atoms with Crippen LogP contribution >= 0.6 is 0 Å². The molecule has 0 bridgehead atoms. The molecule has 0 radical (unpaired) electrons. The Kier molecular flexibility index (Phi) is 6.36. The van der Waals surface area contributed by atoms with Gasteiger partial charge in [0.1, 0.15) is 0 Å². The fraction of sp³-hybridized carbons (Fsp3) is 0.400. The first kappa shape index (κ1) is 18.0. The minimum Gasteiger partial charge on any atom is -0.378 e. The van der Waals surface area contributed by atoms with Crippen LogP contribution in [0.25, 0.3) is 0 Å². The molecule has 1 N–H and O–H groups in total. The molecule has 128 valence electrons. The number of aromatic nitrogens is 1. The lowest BCUT2D eigenvalue weighted by Crippen LogP contribution is -2.29. The second kappa shape index (κ2) is 8.48. The summed E-state index contributed by atoms with van der Waals surface area (Å²) in [5, 5.41) is 3.10. The van der Waals surface area contributed by atoms with E-state index in [0.717, 1.165) is 24.2 Å². The van der Waals surface area contributed by atoms with Crippen LogP contribution in [-0.4, -0.2) is 25.0 Å². The molecule has 24 heavy (non-hydrogen) atoms. The van der Waals surface area contributed by atoms with Crippen molar-refractivity contribution >= 4 is 11.6 Å². The summed E-state index contributed by atoms with van der Waals surface area (Å²) in [5.41, 5.74) is 4.25. The van der Waals surface area contributed by atoms with E-state index in [2.05, 4.69) is 46.4 Å². The smallest absolute Gasteiger partial charge is 0.220 e. The van der Waals surface area contributed by atoms with Crippen LogP contribution in [-0.2, 0) is 11.2 Å². The van der Waals surface area contributed by atoms with Gasteiger partial charge in [0.05, 0.1) is 11.7 Å². The molecule has 4 heteroatoms. The van der Waals surface area contributed by atoms with Gasteiger partial charge in [-0.1, -0.05) is 25.1 Å². The standard InChI is InChI=1S/C20H27N3O/c1-5-18(19-8-6-7-15(2)21-19)22-20(24)14-11-16-9-12-17(13-10-16)23(3)4/h6-10,12-13,18H,5,11,14H2,1-4H3,(H,22,24)/t18-/m0/s1. The van der Waals surface area contributed by atoms with E-state index in [1.54, 1.807) is 0 Å². The minimum absolute atomic E-state index is 0.0199. The SMILES string of the molecule is CC[C@H](NC(=O)CCc1ccc(N(C)C)cc1)c1cccc(C)n1. The van der Waals surface area contributed by atoms with Crippen LogP contribution in [0.2, 0.25) is 0 Å². The molecular formula is C20H27N3O. The average molecular weight is 325 g/mol. The fourth-order valence-corrected chi connectivity index (χ4v) is 2.63. The first-order chi connectivity index (χ1) is 11.5. The maximum atomic E-state index is 12.3. The quantitative estimate of drug-likeness (QED) is 0.845. The number of hydrogen-bond donors (Lipinski definition) is 1. The first-order valence-corrected chi connectivity index (χ1v) is 8.48. The lowest BCUT2D eigenvalue weighted by Gasteiger charge is -2.17. The fourth-order valence-electron chi connectivity index (χ4n) is 2.63. The Bertz CT molecular complexity index is 665. The molecule has 0 saturated carbocycles. The molecule has 2 aromatic rings. The summed E-state index contributed by atoms with van der Waals surface area (Å²) in [5.74, 6) is 0.0712. The Hall–Kier alpha value is -2.36. The molecule has 4 nitrogen and oxygen atoms in total. The molecule has 0 unspecified atom stereocenters. The molecule has 0 aliphatic carbocycles. The molecule has 1 atom stereocenters. The Labute approximate surface area is 144 Å². The summed E-state index contributed by atoms with van der Waals surface area (Å²) in [6.07, 6.45) is 2.07. The zero-order valence-electron chi connectivity index (χ0n) is 15.0. The van der Waals surface area contributed by atoms with Crippen molar-refractivity contribution in [2.24, 2.45) is 0 Å². The van der Waals surface area contributed by atoms with E-state index in [1.165, 1.54) is 11.3 Å². The predicted octanol–water partition coefficient (Wildman–Crippen LogP) is 3.66. The zero-order valence-corrected chi connectivity index (χ0v) is 15.0. The van der Waals surface area contributed by atoms with Crippen molar-refractivity contribution in [2.75, 3.05) is 19.0 Å². The van der Waals surface area contributed by atoms with E-state index in [0.29, 0.717) is 6.42 Å². The van der Waals surface area contributed by atoms with E-state index in [4.69, 9.17) is 0 Å². The van der Waals surface area contributed by atoms with E-state index in [9.17, 15) is 4.79 Å². The minimum atomic E-state index is -0.0199. The zero-order chi connectivity index (χ0) is 17.5. The van der Waals surface area contributed by atoms with E-state index in [1.807, 2.05) is 39.2 Å². The molecule has 0 aliphatic heterocycles. The van der Waals surface area contributed by atoms with Crippen LogP contribution in [0.5, 0.6) is 0 Å². The van der Waals surface area contributed by atoms with Crippen molar-refractivity contribution in [1.82, 2.24) is 10.3 Å². The summed E-state index contributed by atoms with van der Waals surface area (Å²) in [6, 6.07) is 14.2. The van der Waals surface area contributed by atoms with Gasteiger partial charge in [0.15, 0.2) is 0 Å². The van der Waals surface area contributed by atoms with E-state index in [-0.39, 0.29) is 11.9 Å². The summed E-state index contributed by atoms with van der Waals surface area (Å²) < 4.78 is 0. The first-order valence-electron chi connectivity index (χ1n) is 8.48. The van der Waals surface area contributed by atoms with Gasteiger partial charge < -0.3 is 10.2 Å². The number of amides is 1.